The second kappa shape index (κ2) is 7.36. The maximum absolute atomic E-state index is 13.0. The zero-order valence-electron chi connectivity index (χ0n) is 14.7. The molecule has 0 aromatic heterocycles. The van der Waals surface area contributed by atoms with Crippen molar-refractivity contribution in [2.45, 2.75) is 39.2 Å². The van der Waals surface area contributed by atoms with Crippen LogP contribution in [0.15, 0.2) is 24.3 Å². The van der Waals surface area contributed by atoms with Crippen LogP contribution < -0.4 is 0 Å². The lowest BCUT2D eigenvalue weighted by Gasteiger charge is -2.34. The van der Waals surface area contributed by atoms with Crippen molar-refractivity contribution in [1.29, 1.82) is 5.26 Å². The smallest absolute Gasteiger partial charge is 0.255 e. The number of nitriles is 1. The third kappa shape index (κ3) is 3.79. The molecular formula is C20H27N3O. The minimum atomic E-state index is 0.00562. The third-order valence-electron chi connectivity index (χ3n) is 5.27. The Morgan fingerprint density at radius 3 is 2.71 bits per heavy atom. The predicted molar refractivity (Wildman–Crippen MR) is 94.6 cm³/mol. The number of benzene rings is 1. The van der Waals surface area contributed by atoms with Crippen molar-refractivity contribution in [2.24, 2.45) is 11.8 Å². The summed E-state index contributed by atoms with van der Waals surface area (Å²) in [5.74, 6) is 1.39. The van der Waals surface area contributed by atoms with Gasteiger partial charge in [0.25, 0.3) is 5.91 Å². The zero-order chi connectivity index (χ0) is 17.1. The molecule has 2 aliphatic rings. The Labute approximate surface area is 145 Å². The molecule has 0 N–H and O–H groups in total. The van der Waals surface area contributed by atoms with Gasteiger partial charge in [-0.1, -0.05) is 26.0 Å². The molecule has 1 aromatic rings. The highest BCUT2D eigenvalue weighted by atomic mass is 16.2. The molecule has 0 radical (unpaired) electrons. The van der Waals surface area contributed by atoms with E-state index in [1.807, 2.05) is 17.0 Å². The van der Waals surface area contributed by atoms with Gasteiger partial charge in [0.1, 0.15) is 0 Å². The van der Waals surface area contributed by atoms with E-state index in [0.717, 1.165) is 32.0 Å². The molecule has 1 saturated heterocycles. The van der Waals surface area contributed by atoms with Crippen molar-refractivity contribution < 1.29 is 4.79 Å². The third-order valence-corrected chi connectivity index (χ3v) is 5.27. The van der Waals surface area contributed by atoms with Gasteiger partial charge in [-0.2, -0.15) is 5.26 Å². The Balaban J connectivity index is 1.78. The first-order chi connectivity index (χ1) is 11.6. The average molecular weight is 325 g/mol. The highest BCUT2D eigenvalue weighted by Crippen LogP contribution is 2.32. The number of hydrogen-bond acceptors (Lipinski definition) is 3. The Morgan fingerprint density at radius 1 is 1.29 bits per heavy atom. The molecule has 1 aromatic carbocycles. The van der Waals surface area contributed by atoms with Crippen LogP contribution in [0, 0.1) is 23.2 Å². The lowest BCUT2D eigenvalue weighted by atomic mass is 10.0. The monoisotopic (exact) mass is 325 g/mol. The second-order valence-electron chi connectivity index (χ2n) is 7.51. The molecule has 0 unspecified atom stereocenters. The molecule has 4 heteroatoms. The normalized spacial score (nSPS) is 22.2. The molecular weight excluding hydrogens is 298 g/mol. The quantitative estimate of drug-likeness (QED) is 0.854. The predicted octanol–water partition coefficient (Wildman–Crippen LogP) is 3.14. The maximum Gasteiger partial charge on any atom is 0.255 e. The van der Waals surface area contributed by atoms with Gasteiger partial charge in [-0.25, -0.2) is 0 Å². The summed E-state index contributed by atoms with van der Waals surface area (Å²) < 4.78 is 0. The molecule has 24 heavy (non-hydrogen) atoms. The van der Waals surface area contributed by atoms with E-state index in [0.29, 0.717) is 23.1 Å². The zero-order valence-corrected chi connectivity index (χ0v) is 14.7. The fourth-order valence-corrected chi connectivity index (χ4v) is 3.68. The Kier molecular flexibility index (Phi) is 5.20. The Morgan fingerprint density at radius 2 is 2.04 bits per heavy atom. The van der Waals surface area contributed by atoms with Crippen molar-refractivity contribution in [3.63, 3.8) is 0 Å². The first-order valence-electron chi connectivity index (χ1n) is 9.12. The first-order valence-corrected chi connectivity index (χ1v) is 9.12. The lowest BCUT2D eigenvalue weighted by Crippen LogP contribution is -2.46. The first kappa shape index (κ1) is 17.0. The van der Waals surface area contributed by atoms with Crippen LogP contribution in [0.2, 0.25) is 0 Å². The summed E-state index contributed by atoms with van der Waals surface area (Å²) in [6.07, 6.45) is 3.73. The van der Waals surface area contributed by atoms with Gasteiger partial charge in [0.05, 0.1) is 17.2 Å². The van der Waals surface area contributed by atoms with E-state index < -0.39 is 0 Å². The van der Waals surface area contributed by atoms with Crippen LogP contribution in [0.3, 0.4) is 0 Å². The molecule has 0 spiro atoms. The molecule has 1 aliphatic carbocycles. The van der Waals surface area contributed by atoms with E-state index in [-0.39, 0.29) is 5.91 Å². The number of carbonyl (C=O) groups is 1. The van der Waals surface area contributed by atoms with Crippen LogP contribution in [0.4, 0.5) is 0 Å². The number of nitrogens with zero attached hydrogens (tertiary/aromatic N) is 3. The molecule has 1 amide bonds. The molecule has 0 bridgehead atoms. The molecule has 1 aliphatic heterocycles. The fourth-order valence-electron chi connectivity index (χ4n) is 3.68. The van der Waals surface area contributed by atoms with Gasteiger partial charge < -0.3 is 4.90 Å². The summed E-state index contributed by atoms with van der Waals surface area (Å²) >= 11 is 0. The largest absolute Gasteiger partial charge is 0.337 e. The van der Waals surface area contributed by atoms with E-state index >= 15 is 0 Å². The van der Waals surface area contributed by atoms with Gasteiger partial charge in [0.15, 0.2) is 0 Å². The van der Waals surface area contributed by atoms with Gasteiger partial charge in [0, 0.05) is 32.2 Å². The number of amides is 1. The highest BCUT2D eigenvalue weighted by Gasteiger charge is 2.33. The summed E-state index contributed by atoms with van der Waals surface area (Å²) in [5.41, 5.74) is 1.01. The number of rotatable bonds is 4. The molecule has 1 heterocycles. The van der Waals surface area contributed by atoms with Crippen LogP contribution in [0.25, 0.3) is 0 Å². The molecule has 2 fully saturated rings. The summed E-state index contributed by atoms with van der Waals surface area (Å²) in [4.78, 5) is 17.6. The van der Waals surface area contributed by atoms with Crippen LogP contribution in [0.1, 0.15) is 49.0 Å². The second-order valence-corrected chi connectivity index (χ2v) is 7.51. The van der Waals surface area contributed by atoms with Crippen LogP contribution in [-0.4, -0.2) is 47.9 Å². The van der Waals surface area contributed by atoms with Crippen LogP contribution in [-0.2, 0) is 0 Å². The molecule has 1 atom stereocenters. The topological polar surface area (TPSA) is 47.3 Å². The van der Waals surface area contributed by atoms with Crippen molar-refractivity contribution in [3.8, 4) is 6.07 Å². The standard InChI is InChI=1S/C20H27N3O/c1-15(2)19-14-23(11-5-10-22(19)13-16-8-9-16)20(24)18-7-4-3-6-17(18)12-21/h3-4,6-7,15-16,19H,5,8-11,13-14H2,1-2H3/t19-/m0/s1. The van der Waals surface area contributed by atoms with Crippen LogP contribution in [0.5, 0.6) is 0 Å². The van der Waals surface area contributed by atoms with Gasteiger partial charge in [-0.3, -0.25) is 9.69 Å². The fraction of sp³-hybridized carbons (Fsp3) is 0.600. The van der Waals surface area contributed by atoms with Gasteiger partial charge in [0.2, 0.25) is 0 Å². The van der Waals surface area contributed by atoms with Crippen LogP contribution >= 0.6 is 0 Å². The van der Waals surface area contributed by atoms with Crippen molar-refractivity contribution >= 4 is 5.91 Å². The van der Waals surface area contributed by atoms with Crippen molar-refractivity contribution in [3.05, 3.63) is 35.4 Å². The van der Waals surface area contributed by atoms with E-state index in [4.69, 9.17) is 0 Å². The van der Waals surface area contributed by atoms with Gasteiger partial charge in [-0.05, 0) is 43.2 Å². The minimum Gasteiger partial charge on any atom is -0.337 e. The van der Waals surface area contributed by atoms with E-state index in [1.54, 1.807) is 12.1 Å². The SMILES string of the molecule is CC(C)[C@@H]1CN(C(=O)c2ccccc2C#N)CCCN1CC1CC1. The molecule has 4 nitrogen and oxygen atoms in total. The summed E-state index contributed by atoms with van der Waals surface area (Å²) in [6, 6.07) is 9.71. The Hall–Kier alpha value is -1.86. The average Bonchev–Trinajstić information content (AvgIpc) is 3.41. The lowest BCUT2D eigenvalue weighted by molar-refractivity contribution is 0.0704. The van der Waals surface area contributed by atoms with E-state index in [2.05, 4.69) is 24.8 Å². The highest BCUT2D eigenvalue weighted by molar-refractivity contribution is 5.96. The summed E-state index contributed by atoms with van der Waals surface area (Å²) in [5, 5.41) is 9.28. The van der Waals surface area contributed by atoms with Gasteiger partial charge >= 0.3 is 0 Å². The minimum absolute atomic E-state index is 0.00562. The van der Waals surface area contributed by atoms with Crippen molar-refractivity contribution in [1.82, 2.24) is 9.80 Å². The number of hydrogen-bond donors (Lipinski definition) is 0. The maximum atomic E-state index is 13.0. The van der Waals surface area contributed by atoms with Gasteiger partial charge in [-0.15, -0.1) is 0 Å². The Bertz CT molecular complexity index is 630. The molecule has 128 valence electrons. The summed E-state index contributed by atoms with van der Waals surface area (Å²) in [7, 11) is 0. The van der Waals surface area contributed by atoms with E-state index in [9.17, 15) is 10.1 Å². The summed E-state index contributed by atoms with van der Waals surface area (Å²) in [6.45, 7) is 8.30. The van der Waals surface area contributed by atoms with Crippen molar-refractivity contribution in [2.75, 3.05) is 26.2 Å². The van der Waals surface area contributed by atoms with E-state index in [1.165, 1.54) is 19.4 Å². The number of carbonyl (C=O) groups excluding carboxylic acids is 1. The molecule has 1 saturated carbocycles. The molecule has 3 rings (SSSR count).